The Hall–Kier alpha value is -1.61. The molecule has 0 atom stereocenters. The topological polar surface area (TPSA) is 80.0 Å². The second-order valence-electron chi connectivity index (χ2n) is 5.59. The summed E-state index contributed by atoms with van der Waals surface area (Å²) in [4.78, 5) is 10.4. The third-order valence-electron chi connectivity index (χ3n) is 3.74. The van der Waals surface area contributed by atoms with Crippen LogP contribution in [0.2, 0.25) is 0 Å². The molecule has 0 unspecified atom stereocenters. The standard InChI is InChI=1S/C16H27N7S2/c1-5-13-9-18-15(25-13)11-20-16(17-7-6-8-24-4)19-10-14-22-21-12(2)23(14)3/h9H,5-8,10-11H2,1-4H3,(H2,17,19,20). The Bertz CT molecular complexity index is 678. The van der Waals surface area contributed by atoms with Crippen LogP contribution >= 0.6 is 23.1 Å². The number of aryl methyl sites for hydroxylation is 2. The summed E-state index contributed by atoms with van der Waals surface area (Å²) < 4.78 is 1.96. The van der Waals surface area contributed by atoms with Crippen molar-refractivity contribution < 1.29 is 0 Å². The molecule has 0 radical (unpaired) electrons. The lowest BCUT2D eigenvalue weighted by atomic mass is 10.4. The second-order valence-corrected chi connectivity index (χ2v) is 7.77. The number of thioether (sulfide) groups is 1. The summed E-state index contributed by atoms with van der Waals surface area (Å²) in [7, 11) is 1.96. The molecule has 9 heteroatoms. The number of hydrogen-bond donors (Lipinski definition) is 2. The fraction of sp³-hybridized carbons (Fsp3) is 0.625. The van der Waals surface area contributed by atoms with Crippen LogP contribution in [0.15, 0.2) is 11.2 Å². The summed E-state index contributed by atoms with van der Waals surface area (Å²) in [5.74, 6) is 3.66. The molecule has 0 aromatic carbocycles. The van der Waals surface area contributed by atoms with E-state index in [1.54, 1.807) is 11.3 Å². The Kier molecular flexibility index (Phi) is 8.20. The van der Waals surface area contributed by atoms with E-state index < -0.39 is 0 Å². The van der Waals surface area contributed by atoms with Gasteiger partial charge in [-0.2, -0.15) is 11.8 Å². The van der Waals surface area contributed by atoms with Gasteiger partial charge >= 0.3 is 0 Å². The summed E-state index contributed by atoms with van der Waals surface area (Å²) in [6.07, 6.45) is 6.20. The van der Waals surface area contributed by atoms with E-state index in [0.717, 1.165) is 47.8 Å². The van der Waals surface area contributed by atoms with Gasteiger partial charge in [-0.05, 0) is 31.8 Å². The van der Waals surface area contributed by atoms with Crippen LogP contribution in [0.4, 0.5) is 0 Å². The maximum Gasteiger partial charge on any atom is 0.192 e. The fourth-order valence-corrected chi connectivity index (χ4v) is 3.32. The normalized spacial score (nSPS) is 11.8. The van der Waals surface area contributed by atoms with Crippen LogP contribution < -0.4 is 10.6 Å². The molecule has 7 nitrogen and oxygen atoms in total. The molecule has 25 heavy (non-hydrogen) atoms. The summed E-state index contributed by atoms with van der Waals surface area (Å²) >= 11 is 3.59. The minimum Gasteiger partial charge on any atom is -0.356 e. The van der Waals surface area contributed by atoms with Gasteiger partial charge in [-0.1, -0.05) is 6.92 Å². The van der Waals surface area contributed by atoms with E-state index in [1.165, 1.54) is 4.88 Å². The van der Waals surface area contributed by atoms with Crippen molar-refractivity contribution in [2.45, 2.75) is 39.8 Å². The minimum absolute atomic E-state index is 0.493. The minimum atomic E-state index is 0.493. The lowest BCUT2D eigenvalue weighted by Gasteiger charge is -2.11. The molecule has 2 aromatic heterocycles. The average molecular weight is 382 g/mol. The number of aliphatic imine (C=N–C) groups is 1. The number of aromatic nitrogens is 4. The highest BCUT2D eigenvalue weighted by molar-refractivity contribution is 7.98. The molecule has 2 aromatic rings. The quantitative estimate of drug-likeness (QED) is 0.393. The molecular formula is C16H27N7S2. The molecule has 0 bridgehead atoms. The smallest absolute Gasteiger partial charge is 0.192 e. The van der Waals surface area contributed by atoms with Crippen molar-refractivity contribution in [3.05, 3.63) is 27.7 Å². The van der Waals surface area contributed by atoms with Gasteiger partial charge in [-0.25, -0.2) is 9.98 Å². The molecule has 0 aliphatic heterocycles. The van der Waals surface area contributed by atoms with Crippen molar-refractivity contribution in [3.8, 4) is 0 Å². The number of nitrogens with zero attached hydrogens (tertiary/aromatic N) is 5. The molecule has 0 saturated carbocycles. The second kappa shape index (κ2) is 10.4. The molecule has 0 saturated heterocycles. The zero-order valence-electron chi connectivity index (χ0n) is 15.4. The van der Waals surface area contributed by atoms with Gasteiger partial charge in [0.25, 0.3) is 0 Å². The fourth-order valence-electron chi connectivity index (χ4n) is 2.09. The van der Waals surface area contributed by atoms with Gasteiger partial charge in [0, 0.05) is 24.7 Å². The molecule has 0 spiro atoms. The van der Waals surface area contributed by atoms with Crippen LogP contribution in [0.3, 0.4) is 0 Å². The van der Waals surface area contributed by atoms with Crippen molar-refractivity contribution in [1.82, 2.24) is 30.4 Å². The Morgan fingerprint density at radius 3 is 2.84 bits per heavy atom. The molecule has 0 amide bonds. The van der Waals surface area contributed by atoms with Crippen molar-refractivity contribution in [3.63, 3.8) is 0 Å². The predicted octanol–water partition coefficient (Wildman–Crippen LogP) is 2.13. The number of nitrogens with one attached hydrogen (secondary N) is 2. The molecule has 0 fully saturated rings. The predicted molar refractivity (Wildman–Crippen MR) is 106 cm³/mol. The first-order valence-electron chi connectivity index (χ1n) is 8.43. The highest BCUT2D eigenvalue weighted by atomic mass is 32.2. The van der Waals surface area contributed by atoms with Gasteiger partial charge in [0.1, 0.15) is 17.4 Å². The van der Waals surface area contributed by atoms with Gasteiger partial charge in [0.2, 0.25) is 0 Å². The van der Waals surface area contributed by atoms with Crippen LogP contribution in [0.25, 0.3) is 0 Å². The zero-order valence-corrected chi connectivity index (χ0v) is 17.0. The van der Waals surface area contributed by atoms with Crippen molar-refractivity contribution in [2.75, 3.05) is 18.6 Å². The van der Waals surface area contributed by atoms with Crippen LogP contribution in [-0.4, -0.2) is 44.3 Å². The van der Waals surface area contributed by atoms with Crippen molar-refractivity contribution in [1.29, 1.82) is 0 Å². The summed E-state index contributed by atoms with van der Waals surface area (Å²) in [5.41, 5.74) is 0. The summed E-state index contributed by atoms with van der Waals surface area (Å²) in [6.45, 7) is 6.15. The van der Waals surface area contributed by atoms with E-state index in [9.17, 15) is 0 Å². The number of thiazole rings is 1. The maximum absolute atomic E-state index is 4.65. The van der Waals surface area contributed by atoms with Gasteiger partial charge in [0.05, 0.1) is 6.54 Å². The van der Waals surface area contributed by atoms with Gasteiger partial charge in [-0.15, -0.1) is 21.5 Å². The van der Waals surface area contributed by atoms with E-state index in [2.05, 4.69) is 44.0 Å². The third-order valence-corrected chi connectivity index (χ3v) is 5.57. The first-order valence-corrected chi connectivity index (χ1v) is 10.6. The Morgan fingerprint density at radius 1 is 1.36 bits per heavy atom. The van der Waals surface area contributed by atoms with Crippen molar-refractivity contribution >= 4 is 29.1 Å². The average Bonchev–Trinajstić information content (AvgIpc) is 3.21. The van der Waals surface area contributed by atoms with Crippen LogP contribution in [0.5, 0.6) is 0 Å². The SMILES string of the molecule is CCc1cnc(CNC(=NCc2nnc(C)n2C)NCCCSC)s1. The van der Waals surface area contributed by atoms with Crippen LogP contribution in [0.1, 0.15) is 34.9 Å². The van der Waals surface area contributed by atoms with Crippen LogP contribution in [-0.2, 0) is 26.6 Å². The number of rotatable bonds is 9. The Labute approximate surface area is 157 Å². The molecule has 0 aliphatic rings. The van der Waals surface area contributed by atoms with E-state index in [1.807, 2.05) is 36.5 Å². The van der Waals surface area contributed by atoms with E-state index in [0.29, 0.717) is 13.1 Å². The molecule has 0 aliphatic carbocycles. The van der Waals surface area contributed by atoms with Gasteiger partial charge in [-0.3, -0.25) is 0 Å². The Balaban J connectivity index is 1.95. The van der Waals surface area contributed by atoms with E-state index in [-0.39, 0.29) is 0 Å². The molecule has 2 rings (SSSR count). The zero-order chi connectivity index (χ0) is 18.1. The molecule has 138 valence electrons. The monoisotopic (exact) mass is 381 g/mol. The summed E-state index contributed by atoms with van der Waals surface area (Å²) in [5, 5.41) is 16.1. The first-order chi connectivity index (χ1) is 12.1. The highest BCUT2D eigenvalue weighted by Gasteiger charge is 2.06. The molecular weight excluding hydrogens is 354 g/mol. The number of hydrogen-bond acceptors (Lipinski definition) is 6. The van der Waals surface area contributed by atoms with Gasteiger partial charge < -0.3 is 15.2 Å². The molecule has 2 N–H and O–H groups in total. The van der Waals surface area contributed by atoms with E-state index in [4.69, 9.17) is 0 Å². The lowest BCUT2D eigenvalue weighted by Crippen LogP contribution is -2.37. The maximum atomic E-state index is 4.65. The third kappa shape index (κ3) is 6.32. The van der Waals surface area contributed by atoms with Gasteiger partial charge in [0.15, 0.2) is 11.8 Å². The Morgan fingerprint density at radius 2 is 2.20 bits per heavy atom. The molecule has 2 heterocycles. The lowest BCUT2D eigenvalue weighted by molar-refractivity contribution is 0.744. The van der Waals surface area contributed by atoms with Crippen LogP contribution in [0, 0.1) is 6.92 Å². The first kappa shape index (κ1) is 19.7. The summed E-state index contributed by atoms with van der Waals surface area (Å²) in [6, 6.07) is 0. The largest absolute Gasteiger partial charge is 0.356 e. The van der Waals surface area contributed by atoms with E-state index >= 15 is 0 Å². The van der Waals surface area contributed by atoms with Crippen molar-refractivity contribution in [2.24, 2.45) is 12.0 Å². The number of guanidine groups is 1. The highest BCUT2D eigenvalue weighted by Crippen LogP contribution is 2.12.